The summed E-state index contributed by atoms with van der Waals surface area (Å²) in [4.78, 5) is -0.00795. The molecule has 0 aliphatic heterocycles. The largest absolute Gasteiger partial charge is 0.573 e. The molecule has 0 aliphatic rings. The van der Waals surface area contributed by atoms with Crippen molar-refractivity contribution in [2.45, 2.75) is 11.3 Å². The molecular weight excluding hydrogens is 359 g/mol. The molecule has 0 spiro atoms. The minimum absolute atomic E-state index is 0.00795. The first-order chi connectivity index (χ1) is 11.6. The lowest BCUT2D eigenvalue weighted by molar-refractivity contribution is -0.274. The fourth-order valence-electron chi connectivity index (χ4n) is 2.11. The summed E-state index contributed by atoms with van der Waals surface area (Å²) in [6, 6.07) is 9.51. The molecule has 0 bridgehead atoms. The van der Waals surface area contributed by atoms with Gasteiger partial charge in [-0.3, -0.25) is 0 Å². The summed E-state index contributed by atoms with van der Waals surface area (Å²) in [5.41, 5.74) is 5.66. The van der Waals surface area contributed by atoms with Gasteiger partial charge in [0, 0.05) is 24.4 Å². The Morgan fingerprint density at radius 1 is 1.12 bits per heavy atom. The second kappa shape index (κ2) is 7.32. The van der Waals surface area contributed by atoms with E-state index in [9.17, 15) is 21.6 Å². The summed E-state index contributed by atoms with van der Waals surface area (Å²) in [5.74, 6) is -0.333. The Labute approximate surface area is 143 Å². The van der Waals surface area contributed by atoms with Crippen LogP contribution in [0, 0.1) is 0 Å². The maximum atomic E-state index is 12.7. The first kappa shape index (κ1) is 19.1. The van der Waals surface area contributed by atoms with Crippen LogP contribution >= 0.6 is 0 Å². The summed E-state index contributed by atoms with van der Waals surface area (Å²) >= 11 is 0. The van der Waals surface area contributed by atoms with E-state index in [1.54, 1.807) is 0 Å². The molecule has 0 atom stereocenters. The molecule has 2 rings (SSSR count). The van der Waals surface area contributed by atoms with Gasteiger partial charge in [0.05, 0.1) is 4.90 Å². The van der Waals surface area contributed by atoms with E-state index in [0.29, 0.717) is 0 Å². The van der Waals surface area contributed by atoms with Crippen LogP contribution in [-0.4, -0.2) is 34.2 Å². The number of hydrogen-bond acceptors (Lipinski definition) is 5. The van der Waals surface area contributed by atoms with Crippen molar-refractivity contribution in [2.75, 3.05) is 19.4 Å². The van der Waals surface area contributed by atoms with Crippen LogP contribution in [0.5, 0.6) is 11.5 Å². The molecule has 2 N–H and O–H groups in total. The molecular formula is C16H16F3NO4S. The first-order valence-corrected chi connectivity index (χ1v) is 9.02. The second-order valence-corrected chi connectivity index (χ2v) is 7.16. The van der Waals surface area contributed by atoms with Crippen LogP contribution in [0.1, 0.15) is 0 Å². The fourth-order valence-corrected chi connectivity index (χ4v) is 2.78. The zero-order chi connectivity index (χ0) is 18.7. The standard InChI is InChI=1S/C16H16F3NO4S/c1-25(21,22)13-4-2-3-11(9-13)14-6-5-12(23-8-7-20)10-15(14)24-16(17,18)19/h2-6,9-10H,7-8,20H2,1H3. The lowest BCUT2D eigenvalue weighted by Gasteiger charge is -2.15. The molecule has 0 radical (unpaired) electrons. The van der Waals surface area contributed by atoms with Gasteiger partial charge in [0.25, 0.3) is 0 Å². The first-order valence-electron chi connectivity index (χ1n) is 7.13. The zero-order valence-corrected chi connectivity index (χ0v) is 14.0. The summed E-state index contributed by atoms with van der Waals surface area (Å²) in [5, 5.41) is 0. The second-order valence-electron chi connectivity index (χ2n) is 5.14. The molecule has 0 aromatic heterocycles. The van der Waals surface area contributed by atoms with E-state index in [1.807, 2.05) is 0 Å². The Morgan fingerprint density at radius 3 is 2.44 bits per heavy atom. The number of nitrogens with two attached hydrogens (primary N) is 1. The molecule has 2 aromatic carbocycles. The van der Waals surface area contributed by atoms with Crippen molar-refractivity contribution in [2.24, 2.45) is 5.73 Å². The lowest BCUT2D eigenvalue weighted by Crippen LogP contribution is -2.18. The number of ether oxygens (including phenoxy) is 2. The van der Waals surface area contributed by atoms with Gasteiger partial charge in [-0.1, -0.05) is 12.1 Å². The van der Waals surface area contributed by atoms with E-state index >= 15 is 0 Å². The van der Waals surface area contributed by atoms with Crippen molar-refractivity contribution in [3.63, 3.8) is 0 Å². The van der Waals surface area contributed by atoms with Crippen LogP contribution in [-0.2, 0) is 9.84 Å². The van der Waals surface area contributed by atoms with Crippen molar-refractivity contribution in [3.05, 3.63) is 42.5 Å². The highest BCUT2D eigenvalue weighted by Crippen LogP contribution is 2.37. The van der Waals surface area contributed by atoms with Gasteiger partial charge in [0.1, 0.15) is 18.1 Å². The highest BCUT2D eigenvalue weighted by Gasteiger charge is 2.32. The average Bonchev–Trinajstić information content (AvgIpc) is 2.51. The molecule has 9 heteroatoms. The van der Waals surface area contributed by atoms with Crippen molar-refractivity contribution in [3.8, 4) is 22.6 Å². The summed E-state index contributed by atoms with van der Waals surface area (Å²) in [7, 11) is -3.50. The average molecular weight is 375 g/mol. The maximum absolute atomic E-state index is 12.7. The molecule has 5 nitrogen and oxygen atoms in total. The van der Waals surface area contributed by atoms with Gasteiger partial charge in [-0.25, -0.2) is 8.42 Å². The van der Waals surface area contributed by atoms with E-state index in [0.717, 1.165) is 12.3 Å². The third kappa shape index (κ3) is 5.36. The van der Waals surface area contributed by atoms with Crippen molar-refractivity contribution >= 4 is 9.84 Å². The van der Waals surface area contributed by atoms with Gasteiger partial charge in [0.15, 0.2) is 9.84 Å². The third-order valence-corrected chi connectivity index (χ3v) is 4.25. The van der Waals surface area contributed by atoms with Crippen LogP contribution in [0.2, 0.25) is 0 Å². The predicted octanol–water partition coefficient (Wildman–Crippen LogP) is 2.99. The van der Waals surface area contributed by atoms with E-state index in [-0.39, 0.29) is 34.9 Å². The van der Waals surface area contributed by atoms with E-state index < -0.39 is 21.9 Å². The van der Waals surface area contributed by atoms with Gasteiger partial charge >= 0.3 is 6.36 Å². The maximum Gasteiger partial charge on any atom is 0.573 e. The number of hydrogen-bond donors (Lipinski definition) is 1. The minimum Gasteiger partial charge on any atom is -0.492 e. The SMILES string of the molecule is CS(=O)(=O)c1cccc(-c2ccc(OCCN)cc2OC(F)(F)F)c1. The molecule has 0 amide bonds. The molecule has 2 aromatic rings. The Bertz CT molecular complexity index is 851. The highest BCUT2D eigenvalue weighted by atomic mass is 32.2. The Morgan fingerprint density at radius 2 is 1.84 bits per heavy atom. The number of sulfone groups is 1. The van der Waals surface area contributed by atoms with Gasteiger partial charge in [-0.2, -0.15) is 0 Å². The van der Waals surface area contributed by atoms with Gasteiger partial charge in [0.2, 0.25) is 0 Å². The summed E-state index contributed by atoms with van der Waals surface area (Å²) in [6.45, 7) is 0.335. The minimum atomic E-state index is -4.91. The number of alkyl halides is 3. The predicted molar refractivity (Wildman–Crippen MR) is 86.2 cm³/mol. The van der Waals surface area contributed by atoms with Crippen LogP contribution < -0.4 is 15.2 Å². The number of benzene rings is 2. The quantitative estimate of drug-likeness (QED) is 0.840. The molecule has 136 valence electrons. The number of halogens is 3. The molecule has 0 aliphatic carbocycles. The third-order valence-electron chi connectivity index (χ3n) is 3.14. The molecule has 0 saturated heterocycles. The van der Waals surface area contributed by atoms with Gasteiger partial charge in [-0.15, -0.1) is 13.2 Å². The monoisotopic (exact) mass is 375 g/mol. The highest BCUT2D eigenvalue weighted by molar-refractivity contribution is 7.90. The molecule has 0 heterocycles. The summed E-state index contributed by atoms with van der Waals surface area (Å²) in [6.07, 6.45) is -3.89. The summed E-state index contributed by atoms with van der Waals surface area (Å²) < 4.78 is 70.7. The fraction of sp³-hybridized carbons (Fsp3) is 0.250. The van der Waals surface area contributed by atoms with Crippen LogP contribution in [0.4, 0.5) is 13.2 Å². The molecule has 25 heavy (non-hydrogen) atoms. The smallest absolute Gasteiger partial charge is 0.492 e. The van der Waals surface area contributed by atoms with Crippen molar-refractivity contribution < 1.29 is 31.1 Å². The Balaban J connectivity index is 2.52. The van der Waals surface area contributed by atoms with Gasteiger partial charge < -0.3 is 15.2 Å². The molecule has 0 saturated carbocycles. The van der Waals surface area contributed by atoms with Crippen LogP contribution in [0.25, 0.3) is 11.1 Å². The molecule has 0 fully saturated rings. The van der Waals surface area contributed by atoms with Gasteiger partial charge in [-0.05, 0) is 29.8 Å². The topological polar surface area (TPSA) is 78.6 Å². The van der Waals surface area contributed by atoms with Crippen LogP contribution in [0.3, 0.4) is 0 Å². The Hall–Kier alpha value is -2.26. The molecule has 0 unspecified atom stereocenters. The lowest BCUT2D eigenvalue weighted by atomic mass is 10.0. The van der Waals surface area contributed by atoms with E-state index in [4.69, 9.17) is 10.5 Å². The van der Waals surface area contributed by atoms with Crippen molar-refractivity contribution in [1.82, 2.24) is 0 Å². The zero-order valence-electron chi connectivity index (χ0n) is 13.2. The van der Waals surface area contributed by atoms with Crippen molar-refractivity contribution in [1.29, 1.82) is 0 Å². The van der Waals surface area contributed by atoms with Crippen LogP contribution in [0.15, 0.2) is 47.4 Å². The van der Waals surface area contributed by atoms with E-state index in [1.165, 1.54) is 36.4 Å². The van der Waals surface area contributed by atoms with E-state index in [2.05, 4.69) is 4.74 Å². The number of rotatable bonds is 6. The Kier molecular flexibility index (Phi) is 5.58. The normalized spacial score (nSPS) is 12.0.